The predicted octanol–water partition coefficient (Wildman–Crippen LogP) is 4.72. The maximum absolute atomic E-state index is 14.1. The Labute approximate surface area is 274 Å². The predicted molar refractivity (Wildman–Crippen MR) is 176 cm³/mol. The Morgan fingerprint density at radius 3 is 2.52 bits per heavy atom. The van der Waals surface area contributed by atoms with E-state index in [9.17, 15) is 14.4 Å². The summed E-state index contributed by atoms with van der Waals surface area (Å²) in [6, 6.07) is 22.4. The molecule has 3 amide bonds. The summed E-state index contributed by atoms with van der Waals surface area (Å²) in [4.78, 5) is 42.2. The van der Waals surface area contributed by atoms with Crippen LogP contribution < -0.4 is 20.3 Å². The second kappa shape index (κ2) is 16.4. The van der Waals surface area contributed by atoms with Gasteiger partial charge in [0, 0.05) is 49.7 Å². The number of rotatable bonds is 15. The number of hydrogen-bond donors (Lipinski definition) is 2. The second-order valence-electron chi connectivity index (χ2n) is 11.4. The van der Waals surface area contributed by atoms with Gasteiger partial charge in [0.25, 0.3) is 0 Å². The van der Waals surface area contributed by atoms with E-state index in [1.807, 2.05) is 71.6 Å². The van der Waals surface area contributed by atoms with Gasteiger partial charge in [-0.2, -0.15) is 0 Å². The Bertz CT molecular complexity index is 1470. The first kappa shape index (κ1) is 33.2. The number of ether oxygens (including phenoxy) is 3. The molecule has 1 saturated heterocycles. The van der Waals surface area contributed by atoms with Crippen LogP contribution in [0.1, 0.15) is 36.0 Å². The highest BCUT2D eigenvalue weighted by atomic mass is 35.5. The van der Waals surface area contributed by atoms with Gasteiger partial charge in [-0.3, -0.25) is 14.5 Å². The zero-order valence-corrected chi connectivity index (χ0v) is 26.8. The molecule has 3 aromatic rings. The van der Waals surface area contributed by atoms with Gasteiger partial charge in [0.2, 0.25) is 11.8 Å². The Balaban J connectivity index is 1.19. The second-order valence-corrected chi connectivity index (χ2v) is 11.8. The first-order chi connectivity index (χ1) is 22.4. The van der Waals surface area contributed by atoms with Crippen molar-refractivity contribution in [2.45, 2.75) is 50.9 Å². The minimum Gasteiger partial charge on any atom is -0.494 e. The van der Waals surface area contributed by atoms with Crippen LogP contribution in [0.3, 0.4) is 0 Å². The Morgan fingerprint density at radius 2 is 1.78 bits per heavy atom. The van der Waals surface area contributed by atoms with Crippen molar-refractivity contribution in [3.63, 3.8) is 0 Å². The van der Waals surface area contributed by atoms with Gasteiger partial charge in [-0.15, -0.1) is 0 Å². The number of benzene rings is 3. The van der Waals surface area contributed by atoms with E-state index in [1.165, 1.54) is 7.05 Å². The maximum Gasteiger partial charge on any atom is 0.406 e. The SMILES string of the molecule is CNC(=O)OCCc1ccc(Cl)c(CN(C(=O)[C@H]2CNCC(=O)N2c2ccc(OCCCOCc3ccccc3)cc2)C2CC2)c1. The van der Waals surface area contributed by atoms with E-state index in [-0.39, 0.29) is 31.0 Å². The van der Waals surface area contributed by atoms with E-state index in [4.69, 9.17) is 25.8 Å². The third kappa shape index (κ3) is 9.22. The lowest BCUT2D eigenvalue weighted by Crippen LogP contribution is -2.61. The Hall–Kier alpha value is -4.12. The third-order valence-corrected chi connectivity index (χ3v) is 8.33. The molecule has 0 unspecified atom stereocenters. The summed E-state index contributed by atoms with van der Waals surface area (Å²) in [6.45, 7) is 2.71. The molecule has 3 aromatic carbocycles. The molecule has 1 aliphatic carbocycles. The standard InChI is InChI=1S/C35H41ClN4O6/c1-37-35(43)46-19-16-25-8-15-31(36)27(20-25)23-39(28-9-10-28)34(42)32-21-38-22-33(41)40(32)29-11-13-30(14-12-29)45-18-5-17-44-24-26-6-3-2-4-7-26/h2-4,6-8,11-15,20,28,32,38H,5,9-10,16-19,21-24H2,1H3,(H,37,43)/t32-/m1/s1. The lowest BCUT2D eigenvalue weighted by molar-refractivity contribution is -0.136. The molecule has 0 spiro atoms. The molecule has 5 rings (SSSR count). The average molecular weight is 649 g/mol. The summed E-state index contributed by atoms with van der Waals surface area (Å²) < 4.78 is 16.8. The zero-order chi connectivity index (χ0) is 32.3. The topological polar surface area (TPSA) is 109 Å². The molecular weight excluding hydrogens is 608 g/mol. The molecule has 10 nitrogen and oxygen atoms in total. The quantitative estimate of drug-likeness (QED) is 0.230. The van der Waals surface area contributed by atoms with Crippen LogP contribution in [0.25, 0.3) is 0 Å². The van der Waals surface area contributed by atoms with Crippen molar-refractivity contribution in [3.8, 4) is 5.75 Å². The molecule has 2 N–H and O–H groups in total. The van der Waals surface area contributed by atoms with Crippen LogP contribution in [-0.2, 0) is 38.6 Å². The lowest BCUT2D eigenvalue weighted by atomic mass is 10.1. The van der Waals surface area contributed by atoms with Crippen molar-refractivity contribution in [1.82, 2.24) is 15.5 Å². The number of amides is 3. The molecule has 2 aliphatic rings. The molecule has 11 heteroatoms. The van der Waals surface area contributed by atoms with Crippen molar-refractivity contribution in [2.24, 2.45) is 0 Å². The van der Waals surface area contributed by atoms with Crippen LogP contribution in [0.4, 0.5) is 10.5 Å². The van der Waals surface area contributed by atoms with Gasteiger partial charge in [-0.05, 0) is 59.9 Å². The van der Waals surface area contributed by atoms with E-state index < -0.39 is 12.1 Å². The van der Waals surface area contributed by atoms with Crippen LogP contribution in [0.2, 0.25) is 5.02 Å². The summed E-state index contributed by atoms with van der Waals surface area (Å²) in [5, 5.41) is 6.11. The van der Waals surface area contributed by atoms with E-state index >= 15 is 0 Å². The molecule has 2 fully saturated rings. The maximum atomic E-state index is 14.1. The number of alkyl carbamates (subject to hydrolysis) is 1. The molecule has 1 saturated carbocycles. The van der Waals surface area contributed by atoms with E-state index in [0.717, 1.165) is 36.0 Å². The van der Waals surface area contributed by atoms with Crippen LogP contribution in [0.5, 0.6) is 5.75 Å². The van der Waals surface area contributed by atoms with Crippen molar-refractivity contribution >= 4 is 35.2 Å². The van der Waals surface area contributed by atoms with Gasteiger partial charge in [0.05, 0.1) is 33.0 Å². The fourth-order valence-electron chi connectivity index (χ4n) is 5.39. The number of anilines is 1. The number of halogens is 1. The minimum atomic E-state index is -0.696. The number of nitrogens with zero attached hydrogens (tertiary/aromatic N) is 2. The Kier molecular flexibility index (Phi) is 11.9. The van der Waals surface area contributed by atoms with E-state index in [2.05, 4.69) is 10.6 Å². The highest BCUT2D eigenvalue weighted by molar-refractivity contribution is 6.31. The summed E-state index contributed by atoms with van der Waals surface area (Å²) in [6.07, 6.45) is 2.59. The molecule has 1 atom stereocenters. The fraction of sp³-hybridized carbons (Fsp3) is 0.400. The summed E-state index contributed by atoms with van der Waals surface area (Å²) in [5.41, 5.74) is 3.55. The summed E-state index contributed by atoms with van der Waals surface area (Å²) >= 11 is 6.58. The number of hydrogen-bond acceptors (Lipinski definition) is 7. The van der Waals surface area contributed by atoms with Crippen LogP contribution in [0, 0.1) is 0 Å². The van der Waals surface area contributed by atoms with Crippen LogP contribution in [0.15, 0.2) is 72.8 Å². The molecule has 0 radical (unpaired) electrons. The molecule has 46 heavy (non-hydrogen) atoms. The number of carbonyl (C=O) groups is 3. The van der Waals surface area contributed by atoms with Gasteiger partial charge in [0.15, 0.2) is 0 Å². The average Bonchev–Trinajstić information content (AvgIpc) is 3.92. The normalized spacial score (nSPS) is 16.2. The third-order valence-electron chi connectivity index (χ3n) is 7.96. The monoisotopic (exact) mass is 648 g/mol. The van der Waals surface area contributed by atoms with E-state index in [0.29, 0.717) is 55.8 Å². The van der Waals surface area contributed by atoms with Crippen molar-refractivity contribution in [2.75, 3.05) is 44.9 Å². The molecule has 244 valence electrons. The molecule has 0 aromatic heterocycles. The van der Waals surface area contributed by atoms with Gasteiger partial charge in [-0.25, -0.2) is 4.79 Å². The first-order valence-electron chi connectivity index (χ1n) is 15.7. The number of carbonyl (C=O) groups excluding carboxylic acids is 3. The van der Waals surface area contributed by atoms with E-state index in [1.54, 1.807) is 11.0 Å². The number of nitrogens with one attached hydrogen (secondary N) is 2. The zero-order valence-electron chi connectivity index (χ0n) is 26.1. The van der Waals surface area contributed by atoms with Gasteiger partial charge in [-0.1, -0.05) is 54.1 Å². The molecular formula is C35H41ClN4O6. The summed E-state index contributed by atoms with van der Waals surface area (Å²) in [5.74, 6) is 0.399. The lowest BCUT2D eigenvalue weighted by Gasteiger charge is -2.38. The largest absolute Gasteiger partial charge is 0.494 e. The van der Waals surface area contributed by atoms with Gasteiger partial charge in [0.1, 0.15) is 11.8 Å². The highest BCUT2D eigenvalue weighted by Gasteiger charge is 2.41. The van der Waals surface area contributed by atoms with Crippen molar-refractivity contribution in [3.05, 3.63) is 94.5 Å². The van der Waals surface area contributed by atoms with Gasteiger partial charge >= 0.3 is 6.09 Å². The van der Waals surface area contributed by atoms with Crippen molar-refractivity contribution in [1.29, 1.82) is 0 Å². The Morgan fingerprint density at radius 1 is 1.00 bits per heavy atom. The van der Waals surface area contributed by atoms with Crippen molar-refractivity contribution < 1.29 is 28.6 Å². The smallest absolute Gasteiger partial charge is 0.406 e. The summed E-state index contributed by atoms with van der Waals surface area (Å²) in [7, 11) is 1.51. The molecule has 1 heterocycles. The van der Waals surface area contributed by atoms with Gasteiger partial charge < -0.3 is 29.7 Å². The van der Waals surface area contributed by atoms with Crippen LogP contribution >= 0.6 is 11.6 Å². The molecule has 0 bridgehead atoms. The number of piperazine rings is 1. The fourth-order valence-corrected chi connectivity index (χ4v) is 5.57. The highest BCUT2D eigenvalue weighted by Crippen LogP contribution is 2.33. The van der Waals surface area contributed by atoms with Crippen LogP contribution in [-0.4, -0.2) is 74.8 Å². The minimum absolute atomic E-state index is 0.0927. The molecule has 1 aliphatic heterocycles. The first-order valence-corrected chi connectivity index (χ1v) is 16.1.